The number of nitrogens with one attached hydrogen (secondary N) is 2. The smallest absolute Gasteiger partial charge is 0.265 e. The van der Waals surface area contributed by atoms with E-state index in [1.54, 1.807) is 0 Å². The van der Waals surface area contributed by atoms with Crippen LogP contribution in [0.3, 0.4) is 0 Å². The molecule has 1 amide bonds. The van der Waals surface area contributed by atoms with E-state index in [1.807, 2.05) is 18.2 Å². The van der Waals surface area contributed by atoms with E-state index in [9.17, 15) is 4.79 Å². The van der Waals surface area contributed by atoms with Crippen LogP contribution in [0.15, 0.2) is 72.8 Å². The third-order valence-corrected chi connectivity index (χ3v) is 7.26. The predicted molar refractivity (Wildman–Crippen MR) is 137 cm³/mol. The van der Waals surface area contributed by atoms with Crippen LogP contribution >= 0.6 is 0 Å². The Balaban J connectivity index is 1.43. The minimum absolute atomic E-state index is 0.115. The van der Waals surface area contributed by atoms with Gasteiger partial charge in [-0.15, -0.1) is 0 Å². The summed E-state index contributed by atoms with van der Waals surface area (Å²) in [5.41, 5.74) is 8.82. The maximum atomic E-state index is 12.4. The van der Waals surface area contributed by atoms with Crippen LogP contribution in [-0.2, 0) is 13.0 Å². The van der Waals surface area contributed by atoms with Crippen molar-refractivity contribution >= 4 is 11.6 Å². The number of nitrogens with two attached hydrogens (primary N) is 1. The molecule has 176 valence electrons. The Morgan fingerprint density at radius 2 is 1.68 bits per heavy atom. The van der Waals surface area contributed by atoms with Gasteiger partial charge in [-0.3, -0.25) is 15.1 Å². The van der Waals surface area contributed by atoms with Crippen LogP contribution in [0.4, 0.5) is 5.69 Å². The Bertz CT molecular complexity index is 1120. The molecule has 5 rings (SSSR count). The lowest BCUT2D eigenvalue weighted by Crippen LogP contribution is -2.43. The van der Waals surface area contributed by atoms with Gasteiger partial charge in [0.2, 0.25) is 0 Å². The normalized spacial score (nSPS) is 20.9. The number of piperazine rings is 1. The second-order valence-corrected chi connectivity index (χ2v) is 9.47. The zero-order valence-electron chi connectivity index (χ0n) is 19.7. The van der Waals surface area contributed by atoms with Gasteiger partial charge >= 0.3 is 0 Å². The van der Waals surface area contributed by atoms with Crippen molar-refractivity contribution in [3.05, 3.63) is 101 Å². The van der Waals surface area contributed by atoms with Gasteiger partial charge in [-0.1, -0.05) is 60.7 Å². The summed E-state index contributed by atoms with van der Waals surface area (Å²) in [6.45, 7) is 5.50. The van der Waals surface area contributed by atoms with Gasteiger partial charge in [-0.05, 0) is 47.9 Å². The molecule has 0 aliphatic carbocycles. The molecule has 3 aromatic rings. The number of nitrogens with zero attached hydrogens (tertiary/aromatic N) is 2. The van der Waals surface area contributed by atoms with E-state index < -0.39 is 0 Å². The summed E-state index contributed by atoms with van der Waals surface area (Å²) in [5, 5.41) is 3.75. The van der Waals surface area contributed by atoms with Gasteiger partial charge < -0.3 is 10.2 Å². The Hall–Kier alpha value is -3.19. The largest absolute Gasteiger partial charge is 0.377 e. The number of benzene rings is 3. The molecule has 0 bridgehead atoms. The van der Waals surface area contributed by atoms with Crippen molar-refractivity contribution in [1.29, 1.82) is 0 Å². The van der Waals surface area contributed by atoms with Gasteiger partial charge in [0.05, 0.1) is 6.04 Å². The molecule has 1 saturated heterocycles. The van der Waals surface area contributed by atoms with Crippen molar-refractivity contribution in [1.82, 2.24) is 15.2 Å². The van der Waals surface area contributed by atoms with E-state index in [1.165, 1.54) is 16.7 Å². The first kappa shape index (κ1) is 22.6. The standard InChI is InChI=1S/C28H33N5O/c1-32-14-16-33(17-15-32)19-20-10-12-22(13-11-20)27-24(21-6-3-2-4-7-21)18-25-23(28(34)31-29)8-5-9-26(25)30-27/h2-13,24,27,30H,14-19,29H2,1H3,(H,31,34). The van der Waals surface area contributed by atoms with Gasteiger partial charge in [-0.2, -0.15) is 0 Å². The number of amides is 1. The lowest BCUT2D eigenvalue weighted by atomic mass is 9.78. The van der Waals surface area contributed by atoms with Crippen molar-refractivity contribution in [3.63, 3.8) is 0 Å². The fourth-order valence-corrected chi connectivity index (χ4v) is 5.26. The van der Waals surface area contributed by atoms with Crippen molar-refractivity contribution < 1.29 is 4.79 Å². The number of anilines is 1. The summed E-state index contributed by atoms with van der Waals surface area (Å²) in [7, 11) is 2.19. The van der Waals surface area contributed by atoms with E-state index in [-0.39, 0.29) is 17.9 Å². The average Bonchev–Trinajstić information content (AvgIpc) is 2.89. The summed E-state index contributed by atoms with van der Waals surface area (Å²) in [4.78, 5) is 17.3. The molecule has 6 heteroatoms. The summed E-state index contributed by atoms with van der Waals surface area (Å²) < 4.78 is 0. The number of likely N-dealkylation sites (N-methyl/N-ethyl adjacent to an activating group) is 1. The van der Waals surface area contributed by atoms with E-state index in [4.69, 9.17) is 5.84 Å². The first-order chi connectivity index (χ1) is 16.6. The van der Waals surface area contributed by atoms with Crippen LogP contribution in [-0.4, -0.2) is 48.9 Å². The number of hydrogen-bond donors (Lipinski definition) is 3. The van der Waals surface area contributed by atoms with Crippen molar-refractivity contribution in [2.45, 2.75) is 24.9 Å². The van der Waals surface area contributed by atoms with Gasteiger partial charge in [0.1, 0.15) is 0 Å². The highest BCUT2D eigenvalue weighted by atomic mass is 16.2. The van der Waals surface area contributed by atoms with Crippen LogP contribution < -0.4 is 16.6 Å². The number of rotatable bonds is 5. The SMILES string of the molecule is CN1CCN(Cc2ccc(C3Nc4cccc(C(=O)NN)c4CC3c3ccccc3)cc2)CC1. The number of carbonyl (C=O) groups is 1. The van der Waals surface area contributed by atoms with Gasteiger partial charge in [0.15, 0.2) is 0 Å². The number of nitrogen functional groups attached to an aromatic ring is 1. The molecule has 2 aliphatic rings. The summed E-state index contributed by atoms with van der Waals surface area (Å²) in [5.74, 6) is 5.41. The van der Waals surface area contributed by atoms with Gasteiger partial charge in [0, 0.05) is 49.9 Å². The highest BCUT2D eigenvalue weighted by Crippen LogP contribution is 2.43. The number of fused-ring (bicyclic) bond motifs is 1. The van der Waals surface area contributed by atoms with E-state index in [2.05, 4.69) is 82.2 Å². The Kier molecular flexibility index (Phi) is 6.63. The van der Waals surface area contributed by atoms with Crippen molar-refractivity contribution in [2.75, 3.05) is 38.5 Å². The molecule has 0 radical (unpaired) electrons. The zero-order chi connectivity index (χ0) is 23.5. The lowest BCUT2D eigenvalue weighted by molar-refractivity contribution is 0.0952. The third kappa shape index (κ3) is 4.71. The maximum Gasteiger partial charge on any atom is 0.265 e. The fraction of sp³-hybridized carbons (Fsp3) is 0.321. The number of hydrazine groups is 1. The summed E-state index contributed by atoms with van der Waals surface area (Å²) in [6, 6.07) is 25.6. The maximum absolute atomic E-state index is 12.4. The molecule has 2 atom stereocenters. The van der Waals surface area contributed by atoms with E-state index in [0.29, 0.717) is 5.56 Å². The highest BCUT2D eigenvalue weighted by Gasteiger charge is 2.32. The number of carbonyl (C=O) groups excluding carboxylic acids is 1. The highest BCUT2D eigenvalue weighted by molar-refractivity contribution is 5.97. The molecule has 2 heterocycles. The molecule has 6 nitrogen and oxygen atoms in total. The van der Waals surface area contributed by atoms with Crippen LogP contribution in [0, 0.1) is 0 Å². The van der Waals surface area contributed by atoms with E-state index >= 15 is 0 Å². The Labute approximate surface area is 201 Å². The summed E-state index contributed by atoms with van der Waals surface area (Å²) >= 11 is 0. The van der Waals surface area contributed by atoms with Crippen molar-refractivity contribution in [3.8, 4) is 0 Å². The first-order valence-corrected chi connectivity index (χ1v) is 12.1. The zero-order valence-corrected chi connectivity index (χ0v) is 19.7. The first-order valence-electron chi connectivity index (χ1n) is 12.1. The molecule has 0 spiro atoms. The quantitative estimate of drug-likeness (QED) is 0.312. The van der Waals surface area contributed by atoms with Crippen LogP contribution in [0.25, 0.3) is 0 Å². The van der Waals surface area contributed by atoms with Gasteiger partial charge in [0.25, 0.3) is 5.91 Å². The molecule has 0 saturated carbocycles. The molecule has 34 heavy (non-hydrogen) atoms. The molecular formula is C28H33N5O. The average molecular weight is 456 g/mol. The lowest BCUT2D eigenvalue weighted by Gasteiger charge is -2.36. The molecule has 3 aromatic carbocycles. The fourth-order valence-electron chi connectivity index (χ4n) is 5.26. The number of hydrogen-bond acceptors (Lipinski definition) is 5. The van der Waals surface area contributed by atoms with E-state index in [0.717, 1.165) is 50.4 Å². The predicted octanol–water partition coefficient (Wildman–Crippen LogP) is 3.53. The Morgan fingerprint density at radius 1 is 0.941 bits per heavy atom. The molecule has 2 unspecified atom stereocenters. The minimum atomic E-state index is -0.253. The minimum Gasteiger partial charge on any atom is -0.377 e. The van der Waals surface area contributed by atoms with Crippen LogP contribution in [0.5, 0.6) is 0 Å². The molecule has 0 aromatic heterocycles. The molecule has 4 N–H and O–H groups in total. The second kappa shape index (κ2) is 9.97. The molecule has 1 fully saturated rings. The monoisotopic (exact) mass is 455 g/mol. The molecular weight excluding hydrogens is 422 g/mol. The summed E-state index contributed by atoms with van der Waals surface area (Å²) in [6.07, 6.45) is 0.768. The van der Waals surface area contributed by atoms with Crippen LogP contribution in [0.1, 0.15) is 44.6 Å². The second-order valence-electron chi connectivity index (χ2n) is 9.47. The topological polar surface area (TPSA) is 73.6 Å². The van der Waals surface area contributed by atoms with Crippen LogP contribution in [0.2, 0.25) is 0 Å². The molecule has 2 aliphatic heterocycles. The third-order valence-electron chi connectivity index (χ3n) is 7.26. The Morgan fingerprint density at radius 3 is 2.38 bits per heavy atom. The van der Waals surface area contributed by atoms with Gasteiger partial charge in [-0.25, -0.2) is 5.84 Å². The van der Waals surface area contributed by atoms with Crippen molar-refractivity contribution in [2.24, 2.45) is 5.84 Å².